The van der Waals surface area contributed by atoms with Crippen molar-refractivity contribution in [1.82, 2.24) is 15.6 Å². The van der Waals surface area contributed by atoms with Gasteiger partial charge in [-0.2, -0.15) is 0 Å². The Labute approximate surface area is 171 Å². The summed E-state index contributed by atoms with van der Waals surface area (Å²) in [5.74, 6) is 1.11. The number of hydrogen-bond donors (Lipinski definition) is 2. The molecule has 0 spiro atoms. The summed E-state index contributed by atoms with van der Waals surface area (Å²) < 4.78 is 18.4. The van der Waals surface area contributed by atoms with Crippen LogP contribution in [0.2, 0.25) is 0 Å². The van der Waals surface area contributed by atoms with Gasteiger partial charge in [0.15, 0.2) is 5.96 Å². The Morgan fingerprint density at radius 1 is 1.08 bits per heavy atom. The lowest BCUT2D eigenvalue weighted by molar-refractivity contribution is 0.305. The fourth-order valence-electron chi connectivity index (χ4n) is 2.10. The molecule has 0 aliphatic heterocycles. The minimum atomic E-state index is -0.233. The van der Waals surface area contributed by atoms with Crippen molar-refractivity contribution >= 4 is 29.9 Å². The van der Waals surface area contributed by atoms with Crippen LogP contribution < -0.4 is 15.4 Å². The molecular formula is C19H26FIN4O. The fourth-order valence-corrected chi connectivity index (χ4v) is 2.10. The van der Waals surface area contributed by atoms with Gasteiger partial charge in [-0.1, -0.05) is 25.1 Å². The van der Waals surface area contributed by atoms with E-state index in [1.165, 1.54) is 12.1 Å². The highest BCUT2D eigenvalue weighted by Crippen LogP contribution is 2.09. The normalized spacial score (nSPS) is 10.8. The van der Waals surface area contributed by atoms with Gasteiger partial charge in [0.2, 0.25) is 5.88 Å². The maximum Gasteiger partial charge on any atom is 0.213 e. The summed E-state index contributed by atoms with van der Waals surface area (Å²) in [4.78, 5) is 8.82. The molecule has 0 aliphatic rings. The Morgan fingerprint density at radius 3 is 2.42 bits per heavy atom. The van der Waals surface area contributed by atoms with E-state index < -0.39 is 0 Å². The zero-order chi connectivity index (χ0) is 17.9. The van der Waals surface area contributed by atoms with Crippen molar-refractivity contribution in [3.63, 3.8) is 0 Å². The largest absolute Gasteiger partial charge is 0.478 e. The monoisotopic (exact) mass is 472 g/mol. The second kappa shape index (κ2) is 12.5. The van der Waals surface area contributed by atoms with Crippen LogP contribution in [0.25, 0.3) is 0 Å². The van der Waals surface area contributed by atoms with Crippen LogP contribution in [0.4, 0.5) is 4.39 Å². The fraction of sp³-hybridized carbons (Fsp3) is 0.368. The van der Waals surface area contributed by atoms with Crippen LogP contribution in [0, 0.1) is 5.82 Å². The van der Waals surface area contributed by atoms with Crippen molar-refractivity contribution < 1.29 is 9.13 Å². The topological polar surface area (TPSA) is 58.5 Å². The summed E-state index contributed by atoms with van der Waals surface area (Å²) in [6, 6.07) is 10.2. The van der Waals surface area contributed by atoms with Crippen LogP contribution in [-0.2, 0) is 13.1 Å². The van der Waals surface area contributed by atoms with E-state index in [0.29, 0.717) is 31.5 Å². The third-order valence-electron chi connectivity index (χ3n) is 3.39. The molecular weight excluding hydrogens is 446 g/mol. The van der Waals surface area contributed by atoms with Gasteiger partial charge in [-0.05, 0) is 36.6 Å². The average molecular weight is 472 g/mol. The van der Waals surface area contributed by atoms with E-state index >= 15 is 0 Å². The molecule has 1 aromatic heterocycles. The van der Waals surface area contributed by atoms with Crippen LogP contribution in [0.5, 0.6) is 5.88 Å². The van der Waals surface area contributed by atoms with E-state index in [1.54, 1.807) is 18.3 Å². The Hall–Kier alpha value is -1.90. The molecule has 2 N–H and O–H groups in total. The molecule has 1 aromatic carbocycles. The van der Waals surface area contributed by atoms with E-state index in [0.717, 1.165) is 24.1 Å². The van der Waals surface area contributed by atoms with Crippen LogP contribution in [0.3, 0.4) is 0 Å². The van der Waals surface area contributed by atoms with Crippen molar-refractivity contribution in [3.05, 3.63) is 59.5 Å². The Morgan fingerprint density at radius 2 is 1.81 bits per heavy atom. The van der Waals surface area contributed by atoms with Crippen LogP contribution >= 0.6 is 24.0 Å². The number of guanidine groups is 1. The van der Waals surface area contributed by atoms with E-state index in [9.17, 15) is 4.39 Å². The molecule has 142 valence electrons. The zero-order valence-electron chi connectivity index (χ0n) is 15.2. The summed E-state index contributed by atoms with van der Waals surface area (Å²) >= 11 is 0. The molecule has 7 heteroatoms. The smallest absolute Gasteiger partial charge is 0.213 e. The average Bonchev–Trinajstić information content (AvgIpc) is 2.64. The molecule has 0 radical (unpaired) electrons. The number of ether oxygens (including phenoxy) is 1. The minimum absolute atomic E-state index is 0. The van der Waals surface area contributed by atoms with Crippen molar-refractivity contribution in [3.8, 4) is 5.88 Å². The second-order valence-corrected chi connectivity index (χ2v) is 5.53. The number of halogens is 2. The van der Waals surface area contributed by atoms with Crippen molar-refractivity contribution in [1.29, 1.82) is 0 Å². The molecule has 0 atom stereocenters. The summed E-state index contributed by atoms with van der Waals surface area (Å²) in [5.41, 5.74) is 1.99. The van der Waals surface area contributed by atoms with Crippen molar-refractivity contribution in [2.75, 3.05) is 13.2 Å². The number of hydrogen-bond acceptors (Lipinski definition) is 3. The molecule has 2 rings (SSSR count). The van der Waals surface area contributed by atoms with Crippen molar-refractivity contribution in [2.24, 2.45) is 4.99 Å². The Balaban J connectivity index is 0.00000338. The first kappa shape index (κ1) is 22.1. The maximum absolute atomic E-state index is 12.9. The minimum Gasteiger partial charge on any atom is -0.478 e. The summed E-state index contributed by atoms with van der Waals surface area (Å²) in [7, 11) is 0. The lowest BCUT2D eigenvalue weighted by Gasteiger charge is -2.11. The molecule has 2 aromatic rings. The van der Waals surface area contributed by atoms with E-state index in [2.05, 4.69) is 27.5 Å². The Kier molecular flexibility index (Phi) is 10.6. The van der Waals surface area contributed by atoms with Gasteiger partial charge in [-0.25, -0.2) is 14.4 Å². The van der Waals surface area contributed by atoms with Gasteiger partial charge in [-0.15, -0.1) is 24.0 Å². The van der Waals surface area contributed by atoms with E-state index in [1.807, 2.05) is 19.1 Å². The highest BCUT2D eigenvalue weighted by Gasteiger charge is 2.00. The van der Waals surface area contributed by atoms with Gasteiger partial charge in [0.1, 0.15) is 5.82 Å². The van der Waals surface area contributed by atoms with Gasteiger partial charge in [0.05, 0.1) is 13.2 Å². The van der Waals surface area contributed by atoms with Gasteiger partial charge in [0, 0.05) is 25.4 Å². The lowest BCUT2D eigenvalue weighted by Crippen LogP contribution is -2.36. The lowest BCUT2D eigenvalue weighted by atomic mass is 10.2. The third-order valence-corrected chi connectivity index (χ3v) is 3.39. The highest BCUT2D eigenvalue weighted by molar-refractivity contribution is 14.0. The highest BCUT2D eigenvalue weighted by atomic mass is 127. The van der Waals surface area contributed by atoms with Crippen LogP contribution in [0.1, 0.15) is 31.4 Å². The number of aliphatic imine (C=N–C) groups is 1. The predicted octanol–water partition coefficient (Wildman–Crippen LogP) is 3.88. The molecule has 0 fully saturated rings. The number of rotatable bonds is 8. The predicted molar refractivity (Wildman–Crippen MR) is 113 cm³/mol. The second-order valence-electron chi connectivity index (χ2n) is 5.53. The van der Waals surface area contributed by atoms with E-state index in [-0.39, 0.29) is 29.8 Å². The molecule has 0 saturated carbocycles. The molecule has 0 saturated heterocycles. The van der Waals surface area contributed by atoms with Crippen LogP contribution in [0.15, 0.2) is 47.6 Å². The first-order valence-corrected chi connectivity index (χ1v) is 8.55. The molecule has 0 unspecified atom stereocenters. The number of aromatic nitrogens is 1. The number of nitrogens with zero attached hydrogens (tertiary/aromatic N) is 2. The molecule has 5 nitrogen and oxygen atoms in total. The number of benzene rings is 1. The van der Waals surface area contributed by atoms with Gasteiger partial charge in [-0.3, -0.25) is 0 Å². The standard InChI is InChI=1S/C19H25FN4O.HI/c1-3-11-25-18-10-7-16(13-22-18)14-24-19(21-4-2)23-12-15-5-8-17(20)9-6-15;/h5-10,13H,3-4,11-12,14H2,1-2H3,(H2,21,23,24);1H. The first-order valence-electron chi connectivity index (χ1n) is 8.55. The first-order chi connectivity index (χ1) is 12.2. The SMILES string of the molecule is CCCOc1ccc(CN=C(NCC)NCc2ccc(F)cc2)cn1.I. The molecule has 26 heavy (non-hydrogen) atoms. The van der Waals surface area contributed by atoms with Gasteiger partial charge < -0.3 is 15.4 Å². The van der Waals surface area contributed by atoms with Gasteiger partial charge >= 0.3 is 0 Å². The molecule has 0 aliphatic carbocycles. The van der Waals surface area contributed by atoms with Crippen LogP contribution in [-0.4, -0.2) is 24.1 Å². The Bertz CT molecular complexity index is 662. The summed E-state index contributed by atoms with van der Waals surface area (Å²) in [5, 5.41) is 6.43. The molecule has 0 amide bonds. The van der Waals surface area contributed by atoms with Crippen molar-refractivity contribution in [2.45, 2.75) is 33.4 Å². The van der Waals surface area contributed by atoms with Gasteiger partial charge in [0.25, 0.3) is 0 Å². The summed E-state index contributed by atoms with van der Waals surface area (Å²) in [6.07, 6.45) is 2.73. The molecule has 0 bridgehead atoms. The summed E-state index contributed by atoms with van der Waals surface area (Å²) in [6.45, 7) is 6.59. The zero-order valence-corrected chi connectivity index (χ0v) is 17.5. The number of nitrogens with one attached hydrogen (secondary N) is 2. The molecule has 1 heterocycles. The third kappa shape index (κ3) is 7.99. The number of pyridine rings is 1. The maximum atomic E-state index is 12.9. The quantitative estimate of drug-likeness (QED) is 0.348. The van der Waals surface area contributed by atoms with E-state index in [4.69, 9.17) is 4.74 Å².